The second-order valence-corrected chi connectivity index (χ2v) is 8.65. The topological polar surface area (TPSA) is 277 Å². The molecule has 16 heteroatoms. The van der Waals surface area contributed by atoms with Crippen molar-refractivity contribution in [2.24, 2.45) is 17.2 Å². The first-order chi connectivity index (χ1) is 18.1. The van der Waals surface area contributed by atoms with Crippen LogP contribution in [0.4, 0.5) is 0 Å². The highest BCUT2D eigenvalue weighted by molar-refractivity contribution is 5.95. The summed E-state index contributed by atoms with van der Waals surface area (Å²) >= 11 is 0. The van der Waals surface area contributed by atoms with Gasteiger partial charge in [0.1, 0.15) is 18.1 Å². The Bertz CT molecular complexity index is 1060. The number of aromatic nitrogens is 4. The normalized spacial score (nSPS) is 14.1. The minimum absolute atomic E-state index is 0.0322. The van der Waals surface area contributed by atoms with Gasteiger partial charge < -0.3 is 48.2 Å². The monoisotopic (exact) mass is 534 g/mol. The predicted octanol–water partition coefficient (Wildman–Crippen LogP) is -3.21. The van der Waals surface area contributed by atoms with E-state index in [2.05, 4.69) is 35.9 Å². The molecule has 0 spiro atoms. The van der Waals surface area contributed by atoms with Gasteiger partial charge in [0, 0.05) is 36.6 Å². The summed E-state index contributed by atoms with van der Waals surface area (Å²) in [6, 6.07) is -4.90. The molecular formula is C22H34N10O6. The highest BCUT2D eigenvalue weighted by Gasteiger charge is 2.31. The van der Waals surface area contributed by atoms with Crippen molar-refractivity contribution >= 4 is 29.6 Å². The Labute approximate surface area is 217 Å². The third kappa shape index (κ3) is 9.98. The molecule has 0 aliphatic carbocycles. The van der Waals surface area contributed by atoms with Crippen molar-refractivity contribution in [1.29, 1.82) is 0 Å². The Morgan fingerprint density at radius 3 is 1.87 bits per heavy atom. The van der Waals surface area contributed by atoms with E-state index in [1.165, 1.54) is 25.0 Å². The lowest BCUT2D eigenvalue weighted by molar-refractivity contribution is -0.142. The van der Waals surface area contributed by atoms with E-state index in [-0.39, 0.29) is 19.3 Å². The van der Waals surface area contributed by atoms with Crippen LogP contribution in [0, 0.1) is 0 Å². The molecule has 0 aromatic carbocycles. The van der Waals surface area contributed by atoms with Gasteiger partial charge >= 0.3 is 5.97 Å². The molecule has 0 bridgehead atoms. The number of carboxylic acids is 1. The smallest absolute Gasteiger partial charge is 0.326 e. The number of aromatic amines is 2. The minimum Gasteiger partial charge on any atom is -0.480 e. The Morgan fingerprint density at radius 2 is 1.37 bits per heavy atom. The van der Waals surface area contributed by atoms with E-state index in [0.717, 1.165) is 0 Å². The molecule has 2 aromatic rings. The van der Waals surface area contributed by atoms with E-state index in [9.17, 15) is 29.1 Å². The number of nitrogens with zero attached hydrogens (tertiary/aromatic N) is 2. The molecule has 4 unspecified atom stereocenters. The lowest BCUT2D eigenvalue weighted by Crippen LogP contribution is -2.58. The molecule has 38 heavy (non-hydrogen) atoms. The number of carboxylic acid groups (broad SMARTS) is 1. The van der Waals surface area contributed by atoms with Crippen LogP contribution in [0.3, 0.4) is 0 Å². The molecule has 0 radical (unpaired) electrons. The SMILES string of the molecule is NCCCCC(NC(=O)C(Cc1cnc[nH]1)NC(=O)C(N)CC(N)=O)C(=O)NC(Cc1cnc[nH]1)C(=O)O. The van der Waals surface area contributed by atoms with Gasteiger partial charge in [-0.15, -0.1) is 0 Å². The number of rotatable bonds is 17. The zero-order chi connectivity index (χ0) is 28.1. The summed E-state index contributed by atoms with van der Waals surface area (Å²) in [5.41, 5.74) is 17.4. The second kappa shape index (κ2) is 15.1. The molecule has 4 atom stereocenters. The molecule has 0 saturated heterocycles. The molecule has 2 heterocycles. The molecule has 4 amide bonds. The fourth-order valence-electron chi connectivity index (χ4n) is 3.54. The molecule has 0 fully saturated rings. The summed E-state index contributed by atoms with van der Waals surface area (Å²) in [6.07, 6.45) is 6.34. The Morgan fingerprint density at radius 1 is 0.842 bits per heavy atom. The number of nitrogens with two attached hydrogens (primary N) is 3. The molecule has 2 aromatic heterocycles. The van der Waals surface area contributed by atoms with Gasteiger partial charge in [-0.05, 0) is 25.8 Å². The third-order valence-corrected chi connectivity index (χ3v) is 5.54. The predicted molar refractivity (Wildman–Crippen MR) is 133 cm³/mol. The molecule has 0 aliphatic rings. The summed E-state index contributed by atoms with van der Waals surface area (Å²) < 4.78 is 0. The van der Waals surface area contributed by atoms with Crippen molar-refractivity contribution in [1.82, 2.24) is 35.9 Å². The quantitative estimate of drug-likeness (QED) is 0.0915. The van der Waals surface area contributed by atoms with Crippen molar-refractivity contribution in [3.05, 3.63) is 36.4 Å². The number of carbonyl (C=O) groups excluding carboxylic acids is 4. The fraction of sp³-hybridized carbons (Fsp3) is 0.500. The Hall–Kier alpha value is -4.31. The van der Waals surface area contributed by atoms with Gasteiger partial charge in [-0.2, -0.15) is 0 Å². The van der Waals surface area contributed by atoms with Crippen LogP contribution in [0.1, 0.15) is 37.1 Å². The number of primary amides is 1. The van der Waals surface area contributed by atoms with Crippen LogP contribution in [0.15, 0.2) is 25.0 Å². The largest absolute Gasteiger partial charge is 0.480 e. The van der Waals surface area contributed by atoms with Crippen LogP contribution in [0.2, 0.25) is 0 Å². The number of amides is 4. The second-order valence-electron chi connectivity index (χ2n) is 8.65. The van der Waals surface area contributed by atoms with E-state index in [4.69, 9.17) is 17.2 Å². The van der Waals surface area contributed by atoms with E-state index in [1.807, 2.05) is 0 Å². The zero-order valence-corrected chi connectivity index (χ0v) is 20.7. The number of carbonyl (C=O) groups is 5. The van der Waals surface area contributed by atoms with Crippen LogP contribution >= 0.6 is 0 Å². The zero-order valence-electron chi connectivity index (χ0n) is 20.7. The van der Waals surface area contributed by atoms with Crippen molar-refractivity contribution < 1.29 is 29.1 Å². The van der Waals surface area contributed by atoms with Crippen molar-refractivity contribution in [2.75, 3.05) is 6.54 Å². The van der Waals surface area contributed by atoms with Crippen LogP contribution in [-0.2, 0) is 36.8 Å². The van der Waals surface area contributed by atoms with E-state index in [1.54, 1.807) is 0 Å². The molecular weight excluding hydrogens is 500 g/mol. The maximum Gasteiger partial charge on any atom is 0.326 e. The van der Waals surface area contributed by atoms with Crippen LogP contribution in [0.25, 0.3) is 0 Å². The van der Waals surface area contributed by atoms with Gasteiger partial charge in [-0.3, -0.25) is 19.2 Å². The van der Waals surface area contributed by atoms with Crippen LogP contribution in [-0.4, -0.2) is 85.4 Å². The first-order valence-corrected chi connectivity index (χ1v) is 11.9. The summed E-state index contributed by atoms with van der Waals surface area (Å²) in [6.45, 7) is 0.357. The minimum atomic E-state index is -1.29. The van der Waals surface area contributed by atoms with E-state index >= 15 is 0 Å². The van der Waals surface area contributed by atoms with Crippen molar-refractivity contribution in [3.63, 3.8) is 0 Å². The highest BCUT2D eigenvalue weighted by Crippen LogP contribution is 2.07. The number of aliphatic carboxylic acids is 1. The first kappa shape index (κ1) is 29.9. The fourth-order valence-corrected chi connectivity index (χ4v) is 3.54. The number of H-pyrrole nitrogens is 2. The molecule has 0 aliphatic heterocycles. The number of nitrogens with one attached hydrogen (secondary N) is 5. The Kier molecular flexibility index (Phi) is 11.9. The number of hydrogen-bond acceptors (Lipinski definition) is 9. The highest BCUT2D eigenvalue weighted by atomic mass is 16.4. The number of hydrogen-bond donors (Lipinski definition) is 9. The lowest BCUT2D eigenvalue weighted by atomic mass is 10.0. The maximum absolute atomic E-state index is 13.2. The van der Waals surface area contributed by atoms with Gasteiger partial charge in [0.2, 0.25) is 23.6 Å². The summed E-state index contributed by atoms with van der Waals surface area (Å²) in [7, 11) is 0. The molecule has 16 nitrogen and oxygen atoms in total. The van der Waals surface area contributed by atoms with Crippen LogP contribution < -0.4 is 33.2 Å². The Balaban J connectivity index is 2.17. The maximum atomic E-state index is 13.2. The first-order valence-electron chi connectivity index (χ1n) is 11.9. The van der Waals surface area contributed by atoms with Crippen molar-refractivity contribution in [2.45, 2.75) is 62.7 Å². The third-order valence-electron chi connectivity index (χ3n) is 5.54. The number of imidazole rings is 2. The van der Waals surface area contributed by atoms with Gasteiger partial charge in [-0.25, -0.2) is 14.8 Å². The van der Waals surface area contributed by atoms with Gasteiger partial charge in [0.15, 0.2) is 0 Å². The molecule has 12 N–H and O–H groups in total. The average Bonchev–Trinajstić information content (AvgIpc) is 3.56. The average molecular weight is 535 g/mol. The summed E-state index contributed by atoms with van der Waals surface area (Å²) in [5, 5.41) is 17.1. The molecule has 0 saturated carbocycles. The van der Waals surface area contributed by atoms with Gasteiger partial charge in [0.25, 0.3) is 0 Å². The summed E-state index contributed by atoms with van der Waals surface area (Å²) in [4.78, 5) is 75.1. The van der Waals surface area contributed by atoms with E-state index < -0.39 is 60.2 Å². The number of unbranched alkanes of at least 4 members (excludes halogenated alkanes) is 1. The summed E-state index contributed by atoms with van der Waals surface area (Å²) in [5.74, 6) is -4.31. The lowest BCUT2D eigenvalue weighted by Gasteiger charge is -2.25. The van der Waals surface area contributed by atoms with Gasteiger partial charge in [0.05, 0.1) is 25.1 Å². The van der Waals surface area contributed by atoms with Crippen molar-refractivity contribution in [3.8, 4) is 0 Å². The molecule has 2 rings (SSSR count). The van der Waals surface area contributed by atoms with Gasteiger partial charge in [-0.1, -0.05) is 0 Å². The van der Waals surface area contributed by atoms with E-state index in [0.29, 0.717) is 30.8 Å². The molecule has 208 valence electrons. The van der Waals surface area contributed by atoms with Crippen LogP contribution in [0.5, 0.6) is 0 Å². The standard InChI is InChI=1S/C22H34N10O6/c23-4-2-1-3-15(20(35)32-17(22(37)38)6-13-9-27-11-29-13)30-21(36)16(5-12-8-26-10-28-12)31-19(34)14(24)7-18(25)33/h8-11,14-17H,1-7,23-24H2,(H2,25,33)(H,26,28)(H,27,29)(H,30,36)(H,31,34)(H,32,35)(H,37,38).